The predicted octanol–water partition coefficient (Wildman–Crippen LogP) is 3.41. The molecule has 14 nitrogen and oxygen atoms in total. The minimum absolute atomic E-state index is 0.0635. The molecule has 1 aromatic rings. The van der Waals surface area contributed by atoms with Crippen molar-refractivity contribution in [2.24, 2.45) is 0 Å². The van der Waals surface area contributed by atoms with E-state index in [1.165, 1.54) is 25.0 Å². The molecule has 2 aliphatic rings. The Morgan fingerprint density at radius 2 is 1.47 bits per heavy atom. The van der Waals surface area contributed by atoms with Crippen molar-refractivity contribution in [2.75, 3.05) is 26.8 Å². The fourth-order valence-corrected chi connectivity index (χ4v) is 4.90. The lowest BCUT2D eigenvalue weighted by molar-refractivity contribution is -0.288. The van der Waals surface area contributed by atoms with Crippen molar-refractivity contribution in [2.45, 2.75) is 84.8 Å². The summed E-state index contributed by atoms with van der Waals surface area (Å²) in [6, 6.07) is 4.84. The normalized spacial score (nSPS) is 22.7. The second-order valence-electron chi connectivity index (χ2n) is 11.3. The third-order valence-electron chi connectivity index (χ3n) is 6.34. The number of benzene rings is 1. The lowest BCUT2D eigenvalue weighted by Crippen LogP contribution is -2.63. The zero-order chi connectivity index (χ0) is 33.6. The number of likely N-dealkylation sites (tertiary alicyclic amines) is 1. The largest absolute Gasteiger partial charge is 0.496 e. The molecule has 2 aliphatic heterocycles. The van der Waals surface area contributed by atoms with Gasteiger partial charge in [-0.1, -0.05) is 17.7 Å². The summed E-state index contributed by atoms with van der Waals surface area (Å²) in [6.45, 7) is 9.95. The summed E-state index contributed by atoms with van der Waals surface area (Å²) in [7, 11) is 1.46. The highest BCUT2D eigenvalue weighted by Crippen LogP contribution is 2.39. The van der Waals surface area contributed by atoms with E-state index >= 15 is 0 Å². The van der Waals surface area contributed by atoms with Crippen molar-refractivity contribution in [3.8, 4) is 5.75 Å². The molecular formula is C30H38ClNO13. The van der Waals surface area contributed by atoms with Gasteiger partial charge in [0.25, 0.3) is 0 Å². The first-order valence-electron chi connectivity index (χ1n) is 14.0. The maximum Gasteiger partial charge on any atom is 0.410 e. The highest BCUT2D eigenvalue weighted by atomic mass is 35.5. The van der Waals surface area contributed by atoms with E-state index in [1.807, 2.05) is 0 Å². The van der Waals surface area contributed by atoms with E-state index in [0.717, 1.165) is 26.3 Å². The monoisotopic (exact) mass is 655 g/mol. The molecule has 0 spiro atoms. The van der Waals surface area contributed by atoms with Crippen LogP contribution < -0.4 is 4.74 Å². The number of esters is 4. The summed E-state index contributed by atoms with van der Waals surface area (Å²) in [4.78, 5) is 61.8. The Kier molecular flexibility index (Phi) is 11.7. The summed E-state index contributed by atoms with van der Waals surface area (Å²) < 4.78 is 44.6. The first-order chi connectivity index (χ1) is 21.0. The molecule has 45 heavy (non-hydrogen) atoms. The minimum atomic E-state index is -1.48. The standard InChI is InChI=1S/C30H38ClNO13/c1-15(33)39-14-22-25(40-16(2)34)26(41-17(3)35)27(42-18(4)36)28(44-22)43-21-11-9-10-20(23(21)31)24(38-8)19-12-32(13-19)29(37)45-30(5,6)7/h9-11,22,25-28H,12-14H2,1-8H3. The van der Waals surface area contributed by atoms with Gasteiger partial charge in [-0.25, -0.2) is 4.79 Å². The Morgan fingerprint density at radius 1 is 0.889 bits per heavy atom. The first-order valence-corrected chi connectivity index (χ1v) is 14.4. The van der Waals surface area contributed by atoms with E-state index in [4.69, 9.17) is 49.5 Å². The molecule has 2 fully saturated rings. The van der Waals surface area contributed by atoms with Crippen LogP contribution >= 0.6 is 11.6 Å². The number of hydrogen-bond acceptors (Lipinski definition) is 13. The van der Waals surface area contributed by atoms with Crippen LogP contribution in [0.15, 0.2) is 23.8 Å². The summed E-state index contributed by atoms with van der Waals surface area (Å²) in [5, 5.41) is 0.0884. The molecule has 0 aliphatic carbocycles. The fourth-order valence-electron chi connectivity index (χ4n) is 4.64. The van der Waals surface area contributed by atoms with Crippen molar-refractivity contribution in [3.05, 3.63) is 34.4 Å². The lowest BCUT2D eigenvalue weighted by Gasteiger charge is -2.44. The van der Waals surface area contributed by atoms with Crippen molar-refractivity contribution < 1.29 is 61.9 Å². The number of rotatable bonds is 9. The number of nitrogens with zero attached hydrogens (tertiary/aromatic N) is 1. The maximum absolute atomic E-state index is 12.4. The maximum atomic E-state index is 12.4. The second kappa shape index (κ2) is 14.8. The van der Waals surface area contributed by atoms with Gasteiger partial charge in [-0.2, -0.15) is 0 Å². The fraction of sp³-hybridized carbons (Fsp3) is 0.567. The smallest absolute Gasteiger partial charge is 0.410 e. The molecule has 5 unspecified atom stereocenters. The summed E-state index contributed by atoms with van der Waals surface area (Å²) >= 11 is 6.79. The first kappa shape index (κ1) is 35.4. The van der Waals surface area contributed by atoms with Crippen LogP contribution in [0.5, 0.6) is 5.75 Å². The number of hydrogen-bond donors (Lipinski definition) is 0. The molecule has 0 saturated carbocycles. The van der Waals surface area contributed by atoms with Gasteiger partial charge in [-0.15, -0.1) is 0 Å². The average molecular weight is 656 g/mol. The molecule has 0 radical (unpaired) electrons. The third-order valence-corrected chi connectivity index (χ3v) is 6.73. The van der Waals surface area contributed by atoms with Gasteiger partial charge in [0, 0.05) is 38.8 Å². The molecule has 3 rings (SSSR count). The van der Waals surface area contributed by atoms with Crippen molar-refractivity contribution >= 4 is 47.3 Å². The van der Waals surface area contributed by atoms with E-state index in [0.29, 0.717) is 11.3 Å². The van der Waals surface area contributed by atoms with Crippen molar-refractivity contribution in [1.82, 2.24) is 4.90 Å². The Bertz CT molecular complexity index is 1330. The van der Waals surface area contributed by atoms with Crippen LogP contribution in [0, 0.1) is 0 Å². The van der Waals surface area contributed by atoms with E-state index in [-0.39, 0.29) is 23.9 Å². The number of carbonyl (C=O) groups is 5. The van der Waals surface area contributed by atoms with E-state index < -0.39 is 72.9 Å². The molecule has 0 aromatic heterocycles. The van der Waals surface area contributed by atoms with Gasteiger partial charge in [0.05, 0.1) is 25.2 Å². The van der Waals surface area contributed by atoms with Gasteiger partial charge in [-0.05, 0) is 32.9 Å². The number of carbonyl (C=O) groups excluding carboxylic acids is 5. The average Bonchev–Trinajstić information content (AvgIpc) is 2.87. The molecule has 1 amide bonds. The molecule has 248 valence electrons. The number of ether oxygens (including phenoxy) is 8. The Labute approximate surface area is 265 Å². The molecule has 2 heterocycles. The zero-order valence-electron chi connectivity index (χ0n) is 26.4. The van der Waals surface area contributed by atoms with Crippen LogP contribution in [0.1, 0.15) is 54.0 Å². The van der Waals surface area contributed by atoms with Crippen LogP contribution in [0.4, 0.5) is 4.79 Å². The van der Waals surface area contributed by atoms with E-state index in [9.17, 15) is 24.0 Å². The molecule has 0 bridgehead atoms. The van der Waals surface area contributed by atoms with Gasteiger partial charge in [0.1, 0.15) is 29.8 Å². The molecule has 5 atom stereocenters. The second-order valence-corrected chi connectivity index (χ2v) is 11.7. The van der Waals surface area contributed by atoms with Crippen LogP contribution in [-0.2, 0) is 52.3 Å². The van der Waals surface area contributed by atoms with Gasteiger partial charge < -0.3 is 37.9 Å². The number of halogens is 1. The highest BCUT2D eigenvalue weighted by Gasteiger charge is 2.53. The lowest BCUT2D eigenvalue weighted by atomic mass is 9.98. The Hall–Kier alpha value is -4.04. The van der Waals surface area contributed by atoms with Crippen LogP contribution in [-0.4, -0.2) is 98.0 Å². The van der Waals surface area contributed by atoms with Gasteiger partial charge in [0.15, 0.2) is 12.2 Å². The van der Waals surface area contributed by atoms with E-state index in [1.54, 1.807) is 32.9 Å². The van der Waals surface area contributed by atoms with Crippen LogP contribution in [0.2, 0.25) is 5.02 Å². The van der Waals surface area contributed by atoms with Gasteiger partial charge in [-0.3, -0.25) is 24.1 Å². The molecule has 15 heteroatoms. The SMILES string of the molecule is COC(=C1CN(C(=O)OC(C)(C)C)C1)c1cccc(OC2OC(COC(C)=O)C(OC(C)=O)C(OC(C)=O)C2OC(C)=O)c1Cl. The molecule has 0 N–H and O–H groups in total. The molecule has 1 aromatic carbocycles. The zero-order valence-corrected chi connectivity index (χ0v) is 27.1. The van der Waals surface area contributed by atoms with Crippen LogP contribution in [0.25, 0.3) is 5.76 Å². The Morgan fingerprint density at radius 3 is 2.00 bits per heavy atom. The summed E-state index contributed by atoms with van der Waals surface area (Å²) in [5.41, 5.74) is 0.556. The topological polar surface area (TPSA) is 162 Å². The highest BCUT2D eigenvalue weighted by molar-refractivity contribution is 6.33. The third kappa shape index (κ3) is 9.47. The van der Waals surface area contributed by atoms with Gasteiger partial charge >= 0.3 is 30.0 Å². The number of methoxy groups -OCH3 is 1. The van der Waals surface area contributed by atoms with Gasteiger partial charge in [0.2, 0.25) is 12.4 Å². The number of amides is 1. The predicted molar refractivity (Wildman–Crippen MR) is 156 cm³/mol. The van der Waals surface area contributed by atoms with Crippen molar-refractivity contribution in [3.63, 3.8) is 0 Å². The summed E-state index contributed by atoms with van der Waals surface area (Å²) in [5.74, 6) is -2.49. The quantitative estimate of drug-likeness (QED) is 0.216. The van der Waals surface area contributed by atoms with Crippen molar-refractivity contribution in [1.29, 1.82) is 0 Å². The summed E-state index contributed by atoms with van der Waals surface area (Å²) in [6.07, 6.45) is -7.35. The van der Waals surface area contributed by atoms with Crippen LogP contribution in [0.3, 0.4) is 0 Å². The molecule has 2 saturated heterocycles. The molecular weight excluding hydrogens is 618 g/mol. The minimum Gasteiger partial charge on any atom is -0.496 e. The van der Waals surface area contributed by atoms with E-state index in [2.05, 4.69) is 0 Å². The Balaban J connectivity index is 1.97.